The Hall–Kier alpha value is -1.44. The van der Waals surface area contributed by atoms with Gasteiger partial charge in [-0.25, -0.2) is 0 Å². The van der Waals surface area contributed by atoms with Crippen molar-refractivity contribution in [2.24, 2.45) is 5.92 Å². The van der Waals surface area contributed by atoms with Gasteiger partial charge in [0.05, 0.1) is 21.8 Å². The van der Waals surface area contributed by atoms with Crippen LogP contribution in [0.5, 0.6) is 0 Å². The van der Waals surface area contributed by atoms with E-state index in [1.807, 2.05) is 6.07 Å². The van der Waals surface area contributed by atoms with E-state index in [1.165, 1.54) is 16.7 Å². The highest BCUT2D eigenvalue weighted by Gasteiger charge is 2.38. The summed E-state index contributed by atoms with van der Waals surface area (Å²) in [4.78, 5) is 0. The second-order valence-corrected chi connectivity index (χ2v) is 7.00. The second kappa shape index (κ2) is 5.33. The van der Waals surface area contributed by atoms with E-state index in [2.05, 4.69) is 54.7 Å². The van der Waals surface area contributed by atoms with E-state index in [-0.39, 0.29) is 6.04 Å². The van der Waals surface area contributed by atoms with Crippen molar-refractivity contribution in [3.63, 3.8) is 0 Å². The minimum atomic E-state index is 0.267. The second-order valence-electron chi connectivity index (χ2n) is 6.22. The molecule has 4 rings (SSSR count). The highest BCUT2D eigenvalue weighted by molar-refractivity contribution is 6.43. The van der Waals surface area contributed by atoms with Gasteiger partial charge in [-0.2, -0.15) is 0 Å². The number of hydrogen-bond acceptors (Lipinski definition) is 1. The number of hydrogen-bond donors (Lipinski definition) is 1. The summed E-state index contributed by atoms with van der Waals surface area (Å²) in [6.45, 7) is 2.13. The molecule has 2 aliphatic rings. The van der Waals surface area contributed by atoms with Crippen molar-refractivity contribution in [3.8, 4) is 0 Å². The molecule has 3 atom stereocenters. The number of aryl methyl sites for hydroxylation is 1. The number of halogens is 2. The van der Waals surface area contributed by atoms with Gasteiger partial charge in [-0.05, 0) is 36.5 Å². The molecule has 0 saturated carbocycles. The van der Waals surface area contributed by atoms with Crippen LogP contribution in [0.2, 0.25) is 10.0 Å². The molecule has 0 bridgehead atoms. The van der Waals surface area contributed by atoms with Crippen molar-refractivity contribution in [1.29, 1.82) is 0 Å². The molecule has 0 fully saturated rings. The largest absolute Gasteiger partial charge is 0.376 e. The van der Waals surface area contributed by atoms with Crippen molar-refractivity contribution in [2.75, 3.05) is 5.32 Å². The highest BCUT2D eigenvalue weighted by atomic mass is 35.5. The van der Waals surface area contributed by atoms with Gasteiger partial charge in [0.2, 0.25) is 0 Å². The van der Waals surface area contributed by atoms with Crippen LogP contribution in [-0.2, 0) is 0 Å². The first-order chi connectivity index (χ1) is 10.6. The third kappa shape index (κ3) is 2.15. The molecule has 22 heavy (non-hydrogen) atoms. The Morgan fingerprint density at radius 2 is 2.00 bits per heavy atom. The third-order valence-corrected chi connectivity index (χ3v) is 5.63. The quantitative estimate of drug-likeness (QED) is 0.620. The van der Waals surface area contributed by atoms with Gasteiger partial charge >= 0.3 is 0 Å². The van der Waals surface area contributed by atoms with Gasteiger partial charge in [0.25, 0.3) is 0 Å². The van der Waals surface area contributed by atoms with Crippen molar-refractivity contribution in [2.45, 2.75) is 25.3 Å². The van der Waals surface area contributed by atoms with Crippen LogP contribution in [0, 0.1) is 12.8 Å². The molecule has 1 N–H and O–H groups in total. The monoisotopic (exact) mass is 329 g/mol. The molecule has 0 amide bonds. The van der Waals surface area contributed by atoms with E-state index >= 15 is 0 Å². The van der Waals surface area contributed by atoms with E-state index in [4.69, 9.17) is 23.2 Å². The molecule has 1 aliphatic heterocycles. The van der Waals surface area contributed by atoms with Gasteiger partial charge in [0.15, 0.2) is 0 Å². The van der Waals surface area contributed by atoms with Gasteiger partial charge in [-0.15, -0.1) is 0 Å². The predicted molar refractivity (Wildman–Crippen MR) is 94.0 cm³/mol. The molecule has 0 saturated heterocycles. The minimum Gasteiger partial charge on any atom is -0.376 e. The summed E-state index contributed by atoms with van der Waals surface area (Å²) in [5, 5.41) is 4.91. The molecule has 3 unspecified atom stereocenters. The SMILES string of the molecule is Cc1cccc(C2Nc3c(ccc(Cl)c3Cl)C3C=CCC32)c1. The van der Waals surface area contributed by atoms with Crippen molar-refractivity contribution in [3.05, 3.63) is 75.3 Å². The summed E-state index contributed by atoms with van der Waals surface area (Å²) in [6, 6.07) is 13.0. The number of benzene rings is 2. The lowest BCUT2D eigenvalue weighted by Crippen LogP contribution is -2.29. The molecule has 3 heteroatoms. The number of allylic oxidation sites excluding steroid dienone is 2. The Bertz CT molecular complexity index is 766. The van der Waals surface area contributed by atoms with E-state index in [0.717, 1.165) is 12.1 Å². The van der Waals surface area contributed by atoms with E-state index in [9.17, 15) is 0 Å². The maximum Gasteiger partial charge on any atom is 0.0826 e. The van der Waals surface area contributed by atoms with Crippen LogP contribution >= 0.6 is 23.2 Å². The van der Waals surface area contributed by atoms with Crippen LogP contribution < -0.4 is 5.32 Å². The average Bonchev–Trinajstić information content (AvgIpc) is 3.00. The van der Waals surface area contributed by atoms with Gasteiger partial charge in [0.1, 0.15) is 0 Å². The van der Waals surface area contributed by atoms with Gasteiger partial charge < -0.3 is 5.32 Å². The lowest BCUT2D eigenvalue weighted by molar-refractivity contribution is 0.425. The van der Waals surface area contributed by atoms with Crippen molar-refractivity contribution < 1.29 is 0 Å². The first-order valence-corrected chi connectivity index (χ1v) is 8.38. The van der Waals surface area contributed by atoms with Gasteiger partial charge in [-0.3, -0.25) is 0 Å². The third-order valence-electron chi connectivity index (χ3n) is 4.83. The average molecular weight is 330 g/mol. The standard InChI is InChI=1S/C19H17Cl2N/c1-11-4-2-5-12(10-11)18-14-7-3-6-13(14)15-8-9-16(20)17(21)19(15)22-18/h2-6,8-10,13-14,18,22H,7H2,1H3. The lowest BCUT2D eigenvalue weighted by Gasteiger charge is -2.38. The van der Waals surface area contributed by atoms with Gasteiger partial charge in [-0.1, -0.05) is 71.2 Å². The first-order valence-electron chi connectivity index (χ1n) is 7.63. The topological polar surface area (TPSA) is 12.0 Å². The Balaban J connectivity index is 1.84. The highest BCUT2D eigenvalue weighted by Crippen LogP contribution is 2.52. The zero-order valence-electron chi connectivity index (χ0n) is 12.3. The summed E-state index contributed by atoms with van der Waals surface area (Å²) >= 11 is 12.7. The molecule has 1 heterocycles. The molecule has 112 valence electrons. The zero-order valence-corrected chi connectivity index (χ0v) is 13.8. The van der Waals surface area contributed by atoms with Crippen molar-refractivity contribution >= 4 is 28.9 Å². The number of fused-ring (bicyclic) bond motifs is 3. The van der Waals surface area contributed by atoms with Crippen LogP contribution in [0.25, 0.3) is 0 Å². The fraction of sp³-hybridized carbons (Fsp3) is 0.263. The Labute approximate surface area is 140 Å². The van der Waals surface area contributed by atoms with E-state index in [1.54, 1.807) is 0 Å². The minimum absolute atomic E-state index is 0.267. The fourth-order valence-electron chi connectivity index (χ4n) is 3.80. The molecule has 1 aliphatic carbocycles. The van der Waals surface area contributed by atoms with Crippen LogP contribution in [0.3, 0.4) is 0 Å². The van der Waals surface area contributed by atoms with E-state index < -0.39 is 0 Å². The normalized spacial score (nSPS) is 25.5. The summed E-state index contributed by atoms with van der Waals surface area (Å²) in [5.41, 5.74) is 4.86. The molecular formula is C19H17Cl2N. The van der Waals surface area contributed by atoms with Crippen LogP contribution in [0.15, 0.2) is 48.6 Å². The van der Waals surface area contributed by atoms with E-state index in [0.29, 0.717) is 21.9 Å². The van der Waals surface area contributed by atoms with Crippen molar-refractivity contribution in [1.82, 2.24) is 0 Å². The number of nitrogens with one attached hydrogen (secondary N) is 1. The predicted octanol–water partition coefficient (Wildman–Crippen LogP) is 6.13. The summed E-state index contributed by atoms with van der Waals surface area (Å²) in [7, 11) is 0. The first kappa shape index (κ1) is 14.2. The van der Waals surface area contributed by atoms with Gasteiger partial charge in [0, 0.05) is 5.92 Å². The van der Waals surface area contributed by atoms with Crippen LogP contribution in [-0.4, -0.2) is 0 Å². The molecule has 1 nitrogen and oxygen atoms in total. The molecular weight excluding hydrogens is 313 g/mol. The van der Waals surface area contributed by atoms with Crippen LogP contribution in [0.1, 0.15) is 35.1 Å². The molecule has 2 aromatic rings. The molecule has 0 spiro atoms. The maximum absolute atomic E-state index is 6.47. The summed E-state index contributed by atoms with van der Waals surface area (Å²) < 4.78 is 0. The van der Waals surface area contributed by atoms with Crippen LogP contribution in [0.4, 0.5) is 5.69 Å². The summed E-state index contributed by atoms with van der Waals surface area (Å²) in [6.07, 6.45) is 5.70. The smallest absolute Gasteiger partial charge is 0.0826 e. The lowest BCUT2D eigenvalue weighted by atomic mass is 9.77. The molecule has 0 aromatic heterocycles. The molecule has 0 radical (unpaired) electrons. The zero-order chi connectivity index (χ0) is 15.3. The number of anilines is 1. The summed E-state index contributed by atoms with van der Waals surface area (Å²) in [5.74, 6) is 0.947. The molecule has 2 aromatic carbocycles. The Kier molecular flexibility index (Phi) is 3.43. The maximum atomic E-state index is 6.47. The Morgan fingerprint density at radius 3 is 2.82 bits per heavy atom. The number of rotatable bonds is 1. The fourth-order valence-corrected chi connectivity index (χ4v) is 4.18. The Morgan fingerprint density at radius 1 is 1.14 bits per heavy atom.